The normalized spacial score (nSPS) is 12.0. The molecule has 0 aromatic heterocycles. The Morgan fingerprint density at radius 2 is 2.05 bits per heavy atom. The molecule has 0 fully saturated rings. The number of nitrogens with two attached hydrogens (primary N) is 2. The summed E-state index contributed by atoms with van der Waals surface area (Å²) in [7, 11) is 1.53. The van der Waals surface area contributed by atoms with Crippen molar-refractivity contribution in [2.24, 2.45) is 11.5 Å². The molecule has 5 heteroatoms. The molecule has 106 valence electrons. The lowest BCUT2D eigenvalue weighted by molar-refractivity contribution is -0.132. The van der Waals surface area contributed by atoms with Crippen molar-refractivity contribution < 1.29 is 14.3 Å². The predicted molar refractivity (Wildman–Crippen MR) is 74.1 cm³/mol. The van der Waals surface area contributed by atoms with Crippen molar-refractivity contribution in [3.63, 3.8) is 0 Å². The van der Waals surface area contributed by atoms with Gasteiger partial charge in [0.2, 0.25) is 0 Å². The topological polar surface area (TPSA) is 87.6 Å². The molecule has 0 spiro atoms. The molecule has 1 aromatic carbocycles. The lowest BCUT2D eigenvalue weighted by atomic mass is 10.0. The van der Waals surface area contributed by atoms with Gasteiger partial charge < -0.3 is 20.9 Å². The number of rotatable bonds is 7. The van der Waals surface area contributed by atoms with Crippen molar-refractivity contribution in [2.45, 2.75) is 32.2 Å². The Morgan fingerprint density at radius 3 is 2.63 bits per heavy atom. The summed E-state index contributed by atoms with van der Waals surface area (Å²) in [5, 5.41) is 0. The first-order chi connectivity index (χ1) is 9.08. The van der Waals surface area contributed by atoms with Crippen LogP contribution in [0.25, 0.3) is 0 Å². The van der Waals surface area contributed by atoms with E-state index in [0.717, 1.165) is 24.8 Å². The largest absolute Gasteiger partial charge is 0.493 e. The van der Waals surface area contributed by atoms with Gasteiger partial charge in [0.05, 0.1) is 7.11 Å². The third-order valence-corrected chi connectivity index (χ3v) is 2.84. The lowest BCUT2D eigenvalue weighted by Crippen LogP contribution is -2.11. The standard InChI is InChI=1S/C14H22N2O3/c1-10(17)19-13-7-6-11(9-14(13)18-2)12(16)5-3-4-8-15/h6-7,9,12H,3-5,8,15-16H2,1-2H3/t12-/m0/s1. The maximum absolute atomic E-state index is 11.0. The molecule has 1 rings (SSSR count). The van der Waals surface area contributed by atoms with Crippen LogP contribution in [-0.2, 0) is 4.79 Å². The van der Waals surface area contributed by atoms with Gasteiger partial charge in [0, 0.05) is 13.0 Å². The highest BCUT2D eigenvalue weighted by molar-refractivity contribution is 5.70. The van der Waals surface area contributed by atoms with E-state index in [2.05, 4.69) is 0 Å². The van der Waals surface area contributed by atoms with E-state index in [4.69, 9.17) is 20.9 Å². The van der Waals surface area contributed by atoms with Gasteiger partial charge in [0.15, 0.2) is 11.5 Å². The molecular formula is C14H22N2O3. The summed E-state index contributed by atoms with van der Waals surface area (Å²) in [6.45, 7) is 2.04. The minimum atomic E-state index is -0.377. The predicted octanol–water partition coefficient (Wildman–Crippen LogP) is 1.75. The van der Waals surface area contributed by atoms with Crippen LogP contribution in [0.15, 0.2) is 18.2 Å². The highest BCUT2D eigenvalue weighted by Gasteiger charge is 2.12. The summed E-state index contributed by atoms with van der Waals surface area (Å²) >= 11 is 0. The van der Waals surface area contributed by atoms with Gasteiger partial charge in [-0.15, -0.1) is 0 Å². The number of hydrogen-bond donors (Lipinski definition) is 2. The van der Waals surface area contributed by atoms with Gasteiger partial charge in [-0.1, -0.05) is 12.5 Å². The minimum Gasteiger partial charge on any atom is -0.493 e. The second-order valence-electron chi connectivity index (χ2n) is 4.39. The molecule has 1 atom stereocenters. The Hall–Kier alpha value is -1.59. The number of benzene rings is 1. The molecule has 0 heterocycles. The van der Waals surface area contributed by atoms with Crippen molar-refractivity contribution >= 4 is 5.97 Å². The monoisotopic (exact) mass is 266 g/mol. The third kappa shape index (κ3) is 4.89. The highest BCUT2D eigenvalue weighted by atomic mass is 16.6. The van der Waals surface area contributed by atoms with Crippen molar-refractivity contribution in [2.75, 3.05) is 13.7 Å². The zero-order valence-electron chi connectivity index (χ0n) is 11.5. The zero-order valence-corrected chi connectivity index (χ0v) is 11.5. The van der Waals surface area contributed by atoms with E-state index in [1.54, 1.807) is 6.07 Å². The maximum Gasteiger partial charge on any atom is 0.308 e. The number of carbonyl (C=O) groups excluding carboxylic acids is 1. The quantitative estimate of drug-likeness (QED) is 0.446. The molecule has 0 saturated heterocycles. The van der Waals surface area contributed by atoms with E-state index >= 15 is 0 Å². The van der Waals surface area contributed by atoms with Gasteiger partial charge in [0.25, 0.3) is 0 Å². The number of esters is 1. The van der Waals surface area contributed by atoms with Crippen LogP contribution in [-0.4, -0.2) is 19.6 Å². The molecule has 4 N–H and O–H groups in total. The van der Waals surface area contributed by atoms with Crippen molar-refractivity contribution in [1.29, 1.82) is 0 Å². The summed E-state index contributed by atoms with van der Waals surface area (Å²) in [4.78, 5) is 11.0. The van der Waals surface area contributed by atoms with Gasteiger partial charge in [0.1, 0.15) is 0 Å². The summed E-state index contributed by atoms with van der Waals surface area (Å²) in [6, 6.07) is 5.31. The fourth-order valence-electron chi connectivity index (χ4n) is 1.83. The Bertz CT molecular complexity index is 421. The van der Waals surface area contributed by atoms with Crippen molar-refractivity contribution in [1.82, 2.24) is 0 Å². The molecule has 0 aliphatic carbocycles. The Balaban J connectivity index is 2.77. The first-order valence-electron chi connectivity index (χ1n) is 6.40. The van der Waals surface area contributed by atoms with E-state index in [1.165, 1.54) is 14.0 Å². The molecule has 1 aromatic rings. The molecular weight excluding hydrogens is 244 g/mol. The van der Waals surface area contributed by atoms with Crippen LogP contribution in [0.2, 0.25) is 0 Å². The minimum absolute atomic E-state index is 0.0631. The van der Waals surface area contributed by atoms with Crippen LogP contribution >= 0.6 is 0 Å². The fourth-order valence-corrected chi connectivity index (χ4v) is 1.83. The van der Waals surface area contributed by atoms with Gasteiger partial charge in [-0.05, 0) is 37.1 Å². The maximum atomic E-state index is 11.0. The van der Waals surface area contributed by atoms with E-state index in [9.17, 15) is 4.79 Å². The molecule has 0 bridgehead atoms. The van der Waals surface area contributed by atoms with E-state index in [0.29, 0.717) is 18.0 Å². The van der Waals surface area contributed by atoms with Gasteiger partial charge in [-0.3, -0.25) is 4.79 Å². The fraction of sp³-hybridized carbons (Fsp3) is 0.500. The number of ether oxygens (including phenoxy) is 2. The van der Waals surface area contributed by atoms with E-state index < -0.39 is 0 Å². The molecule has 0 unspecified atom stereocenters. The number of hydrogen-bond acceptors (Lipinski definition) is 5. The van der Waals surface area contributed by atoms with Gasteiger partial charge in [-0.2, -0.15) is 0 Å². The molecule has 0 aliphatic heterocycles. The average Bonchev–Trinajstić information content (AvgIpc) is 2.38. The van der Waals surface area contributed by atoms with Crippen LogP contribution < -0.4 is 20.9 Å². The Labute approximate surface area is 113 Å². The molecule has 0 saturated carbocycles. The number of methoxy groups -OCH3 is 1. The second-order valence-corrected chi connectivity index (χ2v) is 4.39. The van der Waals surface area contributed by atoms with Gasteiger partial charge >= 0.3 is 5.97 Å². The molecule has 0 aliphatic rings. The zero-order chi connectivity index (χ0) is 14.3. The van der Waals surface area contributed by atoms with E-state index in [1.807, 2.05) is 12.1 Å². The third-order valence-electron chi connectivity index (χ3n) is 2.84. The summed E-state index contributed by atoms with van der Waals surface area (Å²) < 4.78 is 10.3. The molecule has 19 heavy (non-hydrogen) atoms. The second kappa shape index (κ2) is 7.76. The average molecular weight is 266 g/mol. The smallest absolute Gasteiger partial charge is 0.308 e. The first-order valence-corrected chi connectivity index (χ1v) is 6.40. The van der Waals surface area contributed by atoms with E-state index in [-0.39, 0.29) is 12.0 Å². The van der Waals surface area contributed by atoms with Crippen LogP contribution in [0.5, 0.6) is 11.5 Å². The van der Waals surface area contributed by atoms with Crippen molar-refractivity contribution in [3.8, 4) is 11.5 Å². The number of carbonyl (C=O) groups is 1. The van der Waals surface area contributed by atoms with Crippen LogP contribution in [0.4, 0.5) is 0 Å². The Morgan fingerprint density at radius 1 is 1.32 bits per heavy atom. The number of unbranched alkanes of at least 4 members (excludes halogenated alkanes) is 1. The van der Waals surface area contributed by atoms with Crippen LogP contribution in [0.1, 0.15) is 37.8 Å². The molecule has 0 radical (unpaired) electrons. The summed E-state index contributed by atoms with van der Waals surface area (Å²) in [5.41, 5.74) is 12.5. The molecule has 5 nitrogen and oxygen atoms in total. The highest BCUT2D eigenvalue weighted by Crippen LogP contribution is 2.31. The SMILES string of the molecule is COc1cc([C@@H](N)CCCCN)ccc1OC(C)=O. The lowest BCUT2D eigenvalue weighted by Gasteiger charge is -2.15. The Kier molecular flexibility index (Phi) is 6.32. The van der Waals surface area contributed by atoms with Crippen molar-refractivity contribution in [3.05, 3.63) is 23.8 Å². The van der Waals surface area contributed by atoms with Gasteiger partial charge in [-0.25, -0.2) is 0 Å². The van der Waals surface area contributed by atoms with Crippen LogP contribution in [0, 0.1) is 0 Å². The summed E-state index contributed by atoms with van der Waals surface area (Å²) in [6.07, 6.45) is 2.83. The summed E-state index contributed by atoms with van der Waals surface area (Å²) in [5.74, 6) is 0.549. The van der Waals surface area contributed by atoms with Crippen LogP contribution in [0.3, 0.4) is 0 Å². The first kappa shape index (κ1) is 15.5. The molecule has 0 amide bonds.